The Labute approximate surface area is 228 Å². The summed E-state index contributed by atoms with van der Waals surface area (Å²) in [4.78, 5) is 17.7. The van der Waals surface area contributed by atoms with Crippen molar-refractivity contribution >= 4 is 40.0 Å². The van der Waals surface area contributed by atoms with Crippen molar-refractivity contribution in [2.24, 2.45) is 0 Å². The predicted molar refractivity (Wildman–Crippen MR) is 147 cm³/mol. The zero-order valence-electron chi connectivity index (χ0n) is 21.8. The Hall–Kier alpha value is -2.54. The Balaban J connectivity index is 0.00000507. The summed E-state index contributed by atoms with van der Waals surface area (Å²) < 4.78 is 54.2. The lowest BCUT2D eigenvalue weighted by molar-refractivity contribution is -0.0606. The number of carbonyl (C=O) groups is 1. The van der Waals surface area contributed by atoms with E-state index in [0.717, 1.165) is 22.5 Å². The van der Waals surface area contributed by atoms with Crippen molar-refractivity contribution in [3.8, 4) is 0 Å². The number of amides is 1. The van der Waals surface area contributed by atoms with Gasteiger partial charge in [0.1, 0.15) is 11.6 Å². The van der Waals surface area contributed by atoms with Gasteiger partial charge in [-0.1, -0.05) is 37.3 Å². The van der Waals surface area contributed by atoms with Gasteiger partial charge in [-0.15, -0.1) is 12.4 Å². The maximum Gasteiger partial charge on any atom is 0.266 e. The van der Waals surface area contributed by atoms with Gasteiger partial charge in [0.15, 0.2) is 0 Å². The first-order valence-corrected chi connectivity index (χ1v) is 14.0. The Morgan fingerprint density at radius 3 is 2.50 bits per heavy atom. The molecule has 4 N–H and O–H groups in total. The standard InChI is InChI=1S/C25H35F2N5O4S.ClH/c1-5-16(2)29-20-14-18(15-21(31-20)32(3)37(4,35)36)24(34)30-19(13-17-9-7-6-8-10-17)22(33)23-25(26,27)11-12-28-23;/h6-10,14-16,19,22-23,28,33H,5,11-13H2,1-4H3,(H,29,31)(H,30,34);1H/t16?,19-,22-,23?;/m0./s1. The summed E-state index contributed by atoms with van der Waals surface area (Å²) in [5.74, 6) is -3.48. The summed E-state index contributed by atoms with van der Waals surface area (Å²) in [6.45, 7) is 3.92. The molecule has 1 aliphatic rings. The van der Waals surface area contributed by atoms with Gasteiger partial charge in [0.25, 0.3) is 11.8 Å². The lowest BCUT2D eigenvalue weighted by Crippen LogP contribution is -2.56. The van der Waals surface area contributed by atoms with Gasteiger partial charge in [-0.3, -0.25) is 9.10 Å². The number of nitrogens with one attached hydrogen (secondary N) is 3. The SMILES string of the molecule is CCC(C)Nc1cc(C(=O)N[C@@H](Cc2ccccc2)[C@H](O)C2NCCC2(F)F)cc(N(C)S(C)(=O)=O)n1.Cl. The molecule has 13 heteroatoms. The third-order valence-corrected chi connectivity index (χ3v) is 7.73. The number of hydrogen-bond donors (Lipinski definition) is 4. The highest BCUT2D eigenvalue weighted by molar-refractivity contribution is 7.92. The minimum atomic E-state index is -3.67. The molecule has 2 heterocycles. The molecule has 212 valence electrons. The minimum absolute atomic E-state index is 0. The van der Waals surface area contributed by atoms with Crippen molar-refractivity contribution in [2.75, 3.05) is 29.5 Å². The van der Waals surface area contributed by atoms with Gasteiger partial charge in [0.05, 0.1) is 24.4 Å². The van der Waals surface area contributed by atoms with Gasteiger partial charge in [-0.25, -0.2) is 22.2 Å². The molecule has 0 saturated carbocycles. The zero-order chi connectivity index (χ0) is 27.4. The van der Waals surface area contributed by atoms with Crippen LogP contribution in [0, 0.1) is 0 Å². The van der Waals surface area contributed by atoms with Crippen LogP contribution >= 0.6 is 12.4 Å². The number of anilines is 2. The molecule has 0 spiro atoms. The van der Waals surface area contributed by atoms with Gasteiger partial charge in [0, 0.05) is 31.6 Å². The Kier molecular flexibility index (Phi) is 10.8. The molecule has 1 amide bonds. The van der Waals surface area contributed by atoms with E-state index in [4.69, 9.17) is 0 Å². The number of benzene rings is 1. The summed E-state index contributed by atoms with van der Waals surface area (Å²) in [6.07, 6.45) is -0.106. The quantitative estimate of drug-likeness (QED) is 0.325. The van der Waals surface area contributed by atoms with Gasteiger partial charge in [-0.05, 0) is 37.5 Å². The van der Waals surface area contributed by atoms with Crippen LogP contribution in [0.3, 0.4) is 0 Å². The molecule has 2 unspecified atom stereocenters. The number of pyridine rings is 1. The number of halogens is 3. The maximum atomic E-state index is 14.5. The number of hydrogen-bond acceptors (Lipinski definition) is 7. The number of aromatic nitrogens is 1. The molecule has 9 nitrogen and oxygen atoms in total. The van der Waals surface area contributed by atoms with E-state index >= 15 is 0 Å². The highest BCUT2D eigenvalue weighted by Gasteiger charge is 2.49. The minimum Gasteiger partial charge on any atom is -0.389 e. The number of rotatable bonds is 11. The van der Waals surface area contributed by atoms with Crippen LogP contribution in [0.15, 0.2) is 42.5 Å². The molecule has 1 saturated heterocycles. The lowest BCUT2D eigenvalue weighted by Gasteiger charge is -2.31. The van der Waals surface area contributed by atoms with Crippen LogP contribution < -0.4 is 20.3 Å². The van der Waals surface area contributed by atoms with E-state index in [9.17, 15) is 27.1 Å². The molecule has 1 aliphatic heterocycles. The molecule has 3 rings (SSSR count). The first-order valence-electron chi connectivity index (χ1n) is 12.2. The molecule has 0 aliphatic carbocycles. The van der Waals surface area contributed by atoms with Crippen LogP contribution in [0.25, 0.3) is 0 Å². The summed E-state index contributed by atoms with van der Waals surface area (Å²) in [5.41, 5.74) is 0.822. The van der Waals surface area contributed by atoms with Gasteiger partial charge in [0.2, 0.25) is 10.0 Å². The van der Waals surface area contributed by atoms with E-state index in [0.29, 0.717) is 0 Å². The van der Waals surface area contributed by atoms with Crippen LogP contribution in [-0.4, -0.2) is 74.4 Å². The number of nitrogens with zero attached hydrogens (tertiary/aromatic N) is 2. The molecule has 1 aromatic heterocycles. The smallest absolute Gasteiger partial charge is 0.266 e. The lowest BCUT2D eigenvalue weighted by atomic mass is 9.93. The molecular formula is C25H36ClF2N5O4S. The second-order valence-corrected chi connectivity index (χ2v) is 11.5. The fraction of sp³-hybridized carbons (Fsp3) is 0.520. The van der Waals surface area contributed by atoms with Crippen LogP contribution in [0.1, 0.15) is 42.6 Å². The Morgan fingerprint density at radius 2 is 1.95 bits per heavy atom. The second-order valence-electron chi connectivity index (χ2n) is 9.49. The Morgan fingerprint density at radius 1 is 1.29 bits per heavy atom. The summed E-state index contributed by atoms with van der Waals surface area (Å²) in [6, 6.07) is 9.14. The predicted octanol–water partition coefficient (Wildman–Crippen LogP) is 2.81. The van der Waals surface area contributed by atoms with Crippen LogP contribution in [0.4, 0.5) is 20.4 Å². The third-order valence-electron chi connectivity index (χ3n) is 6.55. The first-order chi connectivity index (χ1) is 17.3. The number of sulfonamides is 1. The molecule has 1 aromatic carbocycles. The van der Waals surface area contributed by atoms with Crippen LogP contribution in [0.2, 0.25) is 0 Å². The fourth-order valence-electron chi connectivity index (χ4n) is 4.09. The van der Waals surface area contributed by atoms with E-state index in [2.05, 4.69) is 20.9 Å². The number of aliphatic hydroxyl groups excluding tert-OH is 1. The van der Waals surface area contributed by atoms with Crippen LogP contribution in [-0.2, 0) is 16.4 Å². The zero-order valence-corrected chi connectivity index (χ0v) is 23.5. The van der Waals surface area contributed by atoms with E-state index in [1.807, 2.05) is 19.9 Å². The molecule has 0 bridgehead atoms. The van der Waals surface area contributed by atoms with Gasteiger partial charge in [-0.2, -0.15) is 0 Å². The number of aliphatic hydroxyl groups is 1. The molecular weight excluding hydrogens is 540 g/mol. The van der Waals surface area contributed by atoms with Crippen LogP contribution in [0.5, 0.6) is 0 Å². The topological polar surface area (TPSA) is 124 Å². The molecule has 1 fully saturated rings. The van der Waals surface area contributed by atoms with E-state index < -0.39 is 46.5 Å². The molecule has 0 radical (unpaired) electrons. The highest BCUT2D eigenvalue weighted by Crippen LogP contribution is 2.31. The number of carbonyl (C=O) groups excluding carboxylic acids is 1. The summed E-state index contributed by atoms with van der Waals surface area (Å²) in [5, 5.41) is 19.5. The second kappa shape index (κ2) is 13.0. The average Bonchev–Trinajstić information content (AvgIpc) is 3.21. The maximum absolute atomic E-state index is 14.5. The molecule has 2 aromatic rings. The average molecular weight is 576 g/mol. The van der Waals surface area contributed by atoms with Gasteiger partial charge < -0.3 is 21.1 Å². The van der Waals surface area contributed by atoms with Crippen molar-refractivity contribution in [1.82, 2.24) is 15.6 Å². The van der Waals surface area contributed by atoms with E-state index in [-0.39, 0.29) is 48.6 Å². The van der Waals surface area contributed by atoms with Crippen molar-refractivity contribution in [3.05, 3.63) is 53.6 Å². The van der Waals surface area contributed by atoms with Crippen molar-refractivity contribution < 1.29 is 27.1 Å². The molecule has 38 heavy (non-hydrogen) atoms. The van der Waals surface area contributed by atoms with Crippen molar-refractivity contribution in [2.45, 2.75) is 63.3 Å². The summed E-state index contributed by atoms with van der Waals surface area (Å²) in [7, 11) is -2.35. The van der Waals surface area contributed by atoms with E-state index in [1.54, 1.807) is 24.3 Å². The summed E-state index contributed by atoms with van der Waals surface area (Å²) >= 11 is 0. The Bertz CT molecular complexity index is 1190. The normalized spacial score (nSPS) is 19.1. The highest BCUT2D eigenvalue weighted by atomic mass is 35.5. The van der Waals surface area contributed by atoms with E-state index in [1.165, 1.54) is 19.2 Å². The fourth-order valence-corrected chi connectivity index (χ4v) is 4.52. The first kappa shape index (κ1) is 31.7. The van der Waals surface area contributed by atoms with Crippen molar-refractivity contribution in [3.63, 3.8) is 0 Å². The monoisotopic (exact) mass is 575 g/mol. The third kappa shape index (κ3) is 7.98. The largest absolute Gasteiger partial charge is 0.389 e. The van der Waals surface area contributed by atoms with Gasteiger partial charge >= 0.3 is 0 Å². The molecule has 4 atom stereocenters. The van der Waals surface area contributed by atoms with Crippen molar-refractivity contribution in [1.29, 1.82) is 0 Å². The number of alkyl halides is 2.